The minimum absolute atomic E-state index is 0.252. The van der Waals surface area contributed by atoms with Crippen molar-refractivity contribution in [2.24, 2.45) is 0 Å². The predicted molar refractivity (Wildman–Crippen MR) is 171 cm³/mol. The van der Waals surface area contributed by atoms with E-state index in [9.17, 15) is 14.4 Å². The fourth-order valence-corrected chi connectivity index (χ4v) is 7.66. The highest BCUT2D eigenvalue weighted by Crippen LogP contribution is 2.41. The van der Waals surface area contributed by atoms with Crippen molar-refractivity contribution in [3.8, 4) is 0 Å². The van der Waals surface area contributed by atoms with Gasteiger partial charge < -0.3 is 15.4 Å². The van der Waals surface area contributed by atoms with Crippen molar-refractivity contribution in [3.63, 3.8) is 0 Å². The Hall–Kier alpha value is -3.30. The predicted octanol–water partition coefficient (Wildman–Crippen LogP) is 8.83. The molecule has 10 heteroatoms. The molecule has 1 unspecified atom stereocenters. The van der Waals surface area contributed by atoms with E-state index in [2.05, 4.69) is 10.6 Å². The number of aryl methyl sites for hydroxylation is 1. The number of thioether (sulfide) groups is 1. The van der Waals surface area contributed by atoms with Crippen LogP contribution in [0.15, 0.2) is 77.7 Å². The maximum Gasteiger partial charge on any atom is 0.341 e. The van der Waals surface area contributed by atoms with E-state index in [1.165, 1.54) is 29.2 Å². The van der Waals surface area contributed by atoms with Crippen molar-refractivity contribution >= 4 is 74.8 Å². The molecule has 0 spiro atoms. The molecule has 2 amide bonds. The fourth-order valence-electron chi connectivity index (χ4n) is 4.81. The van der Waals surface area contributed by atoms with Gasteiger partial charge in [-0.3, -0.25) is 9.59 Å². The van der Waals surface area contributed by atoms with Gasteiger partial charge in [0.15, 0.2) is 0 Å². The minimum atomic E-state index is -0.628. The molecule has 2 N–H and O–H groups in total. The van der Waals surface area contributed by atoms with Crippen LogP contribution in [0, 0.1) is 0 Å². The number of carbonyl (C=O) groups is 3. The number of carbonyl (C=O) groups excluding carboxylic acids is 3. The van der Waals surface area contributed by atoms with Crippen LogP contribution in [0.1, 0.15) is 61.7 Å². The molecule has 1 atom stereocenters. The number of nitrogens with one attached hydrogen (secondary N) is 2. The van der Waals surface area contributed by atoms with Crippen LogP contribution in [-0.2, 0) is 22.4 Å². The Bertz CT molecular complexity index is 1620. The second-order valence-corrected chi connectivity index (χ2v) is 12.8. The molecule has 42 heavy (non-hydrogen) atoms. The Morgan fingerprint density at radius 2 is 1.74 bits per heavy atom. The average molecular weight is 640 g/mol. The molecule has 0 radical (unpaired) electrons. The van der Waals surface area contributed by atoms with Gasteiger partial charge in [0.05, 0.1) is 22.8 Å². The molecule has 4 aromatic rings. The number of halogens is 2. The average Bonchev–Trinajstić information content (AvgIpc) is 3.34. The Morgan fingerprint density at radius 3 is 2.50 bits per heavy atom. The molecule has 6 nitrogen and oxygen atoms in total. The van der Waals surface area contributed by atoms with Gasteiger partial charge in [0.25, 0.3) is 5.91 Å². The van der Waals surface area contributed by atoms with E-state index in [0.29, 0.717) is 26.8 Å². The standard InChI is InChI=1S/C32H28Cl2N2O4S2/c1-2-40-32(39)27-24-13-6-7-14-26(24)42-31(27)36-30(38)28(19-9-4-3-5-10-19)41-22-12-8-11-21(18-22)35-29(37)23-16-15-20(33)17-25(23)34/h3-5,8-12,15-18,28H,2,6-7,13-14H2,1H3,(H,35,37)(H,36,38). The third kappa shape index (κ3) is 7.01. The maximum absolute atomic E-state index is 13.9. The zero-order valence-corrected chi connectivity index (χ0v) is 25.9. The van der Waals surface area contributed by atoms with Crippen LogP contribution in [0.4, 0.5) is 10.7 Å². The number of hydrogen-bond donors (Lipinski definition) is 2. The fraction of sp³-hybridized carbons (Fsp3) is 0.219. The van der Waals surface area contributed by atoms with Gasteiger partial charge in [0.2, 0.25) is 5.91 Å². The van der Waals surface area contributed by atoms with Crippen molar-refractivity contribution in [3.05, 3.63) is 110 Å². The zero-order valence-electron chi connectivity index (χ0n) is 22.7. The Labute approximate surface area is 262 Å². The van der Waals surface area contributed by atoms with Gasteiger partial charge in [-0.15, -0.1) is 23.1 Å². The number of fused-ring (bicyclic) bond motifs is 1. The number of amides is 2. The van der Waals surface area contributed by atoms with E-state index in [4.69, 9.17) is 27.9 Å². The van der Waals surface area contributed by atoms with Crippen molar-refractivity contribution in [2.45, 2.75) is 42.8 Å². The van der Waals surface area contributed by atoms with Crippen molar-refractivity contribution < 1.29 is 19.1 Å². The molecule has 0 fully saturated rings. The highest BCUT2D eigenvalue weighted by Gasteiger charge is 2.30. The van der Waals surface area contributed by atoms with E-state index >= 15 is 0 Å². The van der Waals surface area contributed by atoms with Crippen LogP contribution in [0.2, 0.25) is 10.0 Å². The lowest BCUT2D eigenvalue weighted by Crippen LogP contribution is -2.20. The molecular formula is C32H28Cl2N2O4S2. The van der Waals surface area contributed by atoms with Crippen molar-refractivity contribution in [2.75, 3.05) is 17.2 Å². The molecule has 0 saturated heterocycles. The topological polar surface area (TPSA) is 84.5 Å². The molecule has 0 bridgehead atoms. The largest absolute Gasteiger partial charge is 0.462 e. The molecule has 216 valence electrons. The van der Waals surface area contributed by atoms with Crippen LogP contribution in [-0.4, -0.2) is 24.4 Å². The second kappa shape index (κ2) is 13.8. The monoisotopic (exact) mass is 638 g/mol. The Morgan fingerprint density at radius 1 is 0.952 bits per heavy atom. The van der Waals surface area contributed by atoms with Gasteiger partial charge in [0.1, 0.15) is 10.3 Å². The molecule has 1 aliphatic rings. The smallest absolute Gasteiger partial charge is 0.341 e. The third-order valence-electron chi connectivity index (χ3n) is 6.75. The lowest BCUT2D eigenvalue weighted by molar-refractivity contribution is -0.115. The summed E-state index contributed by atoms with van der Waals surface area (Å²) < 4.78 is 5.37. The van der Waals surface area contributed by atoms with E-state index in [-0.39, 0.29) is 23.4 Å². The first kappa shape index (κ1) is 30.2. The van der Waals surface area contributed by atoms with Gasteiger partial charge in [-0.2, -0.15) is 0 Å². The molecule has 0 saturated carbocycles. The number of thiophene rings is 1. The lowest BCUT2D eigenvalue weighted by atomic mass is 9.95. The lowest BCUT2D eigenvalue weighted by Gasteiger charge is -2.18. The summed E-state index contributed by atoms with van der Waals surface area (Å²) in [5, 5.41) is 6.54. The summed E-state index contributed by atoms with van der Waals surface area (Å²) in [6.45, 7) is 2.04. The highest BCUT2D eigenvalue weighted by atomic mass is 35.5. The minimum Gasteiger partial charge on any atom is -0.462 e. The van der Waals surface area contributed by atoms with Crippen molar-refractivity contribution in [1.29, 1.82) is 0 Å². The third-order valence-corrected chi connectivity index (χ3v) is 9.75. The van der Waals surface area contributed by atoms with Gasteiger partial charge in [-0.05, 0) is 80.1 Å². The van der Waals surface area contributed by atoms with Gasteiger partial charge in [-0.25, -0.2) is 4.79 Å². The van der Waals surface area contributed by atoms with E-state index < -0.39 is 11.2 Å². The van der Waals surface area contributed by atoms with E-state index in [0.717, 1.165) is 46.6 Å². The number of ether oxygens (including phenoxy) is 1. The summed E-state index contributed by atoms with van der Waals surface area (Å²) in [5.41, 5.74) is 3.14. The summed E-state index contributed by atoms with van der Waals surface area (Å²) in [6, 6.07) is 21.4. The summed E-state index contributed by atoms with van der Waals surface area (Å²) in [4.78, 5) is 41.6. The first-order valence-corrected chi connectivity index (χ1v) is 16.0. The van der Waals surface area contributed by atoms with E-state index in [1.54, 1.807) is 25.1 Å². The molecule has 1 aromatic heterocycles. The molecule has 0 aliphatic heterocycles. The van der Waals surface area contributed by atoms with Gasteiger partial charge in [-0.1, -0.05) is 59.6 Å². The molecular weight excluding hydrogens is 611 g/mol. The first-order valence-electron chi connectivity index (χ1n) is 13.5. The van der Waals surface area contributed by atoms with Crippen LogP contribution >= 0.6 is 46.3 Å². The maximum atomic E-state index is 13.9. The van der Waals surface area contributed by atoms with Crippen LogP contribution in [0.5, 0.6) is 0 Å². The van der Waals surface area contributed by atoms with Crippen molar-refractivity contribution in [1.82, 2.24) is 0 Å². The number of esters is 1. The van der Waals surface area contributed by atoms with Crippen LogP contribution in [0.25, 0.3) is 0 Å². The number of anilines is 2. The SMILES string of the molecule is CCOC(=O)c1c(NC(=O)C(Sc2cccc(NC(=O)c3ccc(Cl)cc3Cl)c2)c2ccccc2)sc2c1CCCC2. The van der Waals surface area contributed by atoms with Gasteiger partial charge >= 0.3 is 5.97 Å². The zero-order chi connectivity index (χ0) is 29.6. The Kier molecular flexibility index (Phi) is 9.90. The van der Waals surface area contributed by atoms with Gasteiger partial charge in [0, 0.05) is 20.5 Å². The van der Waals surface area contributed by atoms with E-state index in [1.807, 2.05) is 48.5 Å². The van der Waals surface area contributed by atoms with Crippen LogP contribution < -0.4 is 10.6 Å². The molecule has 3 aromatic carbocycles. The number of rotatable bonds is 9. The quantitative estimate of drug-likeness (QED) is 0.141. The highest BCUT2D eigenvalue weighted by molar-refractivity contribution is 8.00. The van der Waals surface area contributed by atoms with Crippen LogP contribution in [0.3, 0.4) is 0 Å². The summed E-state index contributed by atoms with van der Waals surface area (Å²) in [6.07, 6.45) is 3.75. The molecule has 5 rings (SSSR count). The summed E-state index contributed by atoms with van der Waals surface area (Å²) >= 11 is 15.0. The number of hydrogen-bond acceptors (Lipinski definition) is 6. The summed E-state index contributed by atoms with van der Waals surface area (Å²) in [7, 11) is 0. The second-order valence-electron chi connectivity index (χ2n) is 9.64. The normalized spacial score (nSPS) is 13.1. The summed E-state index contributed by atoms with van der Waals surface area (Å²) in [5.74, 6) is -1.03. The molecule has 1 heterocycles. The molecule has 1 aliphatic carbocycles. The Balaban J connectivity index is 1.40. The first-order chi connectivity index (χ1) is 20.3. The number of benzene rings is 3.